The van der Waals surface area contributed by atoms with Gasteiger partial charge in [-0.3, -0.25) is 0 Å². The molecule has 0 saturated carbocycles. The maximum absolute atomic E-state index is 13.8. The summed E-state index contributed by atoms with van der Waals surface area (Å²) < 4.78 is 16.1. The molecular weight excluding hydrogens is 489 g/mol. The standard InChI is InChI=1S/C38H26FN/c1-3-29-30(4-2)38(34-14-6-5-13-33(34)37(29)25-17-21-27(39)22-18-25)26-19-23-28(24-20-26)40-35-15-9-7-11-31(35)32-12-8-10-16-36(32)40/h3-24H,1-2H2. The van der Waals surface area contributed by atoms with Crippen molar-refractivity contribution in [3.05, 3.63) is 151 Å². The molecule has 0 radical (unpaired) electrons. The molecule has 0 amide bonds. The number of nitrogens with zero attached hydrogens (tertiary/aromatic N) is 1. The molecule has 0 spiro atoms. The highest BCUT2D eigenvalue weighted by molar-refractivity contribution is 6.12. The Kier molecular flexibility index (Phi) is 5.68. The fraction of sp³-hybridized carbons (Fsp3) is 0. The van der Waals surface area contributed by atoms with Crippen molar-refractivity contribution < 1.29 is 4.39 Å². The van der Waals surface area contributed by atoms with E-state index in [2.05, 4.69) is 109 Å². The van der Waals surface area contributed by atoms with Crippen molar-refractivity contribution in [1.82, 2.24) is 4.57 Å². The Labute approximate surface area is 232 Å². The van der Waals surface area contributed by atoms with E-state index >= 15 is 0 Å². The number of rotatable bonds is 5. The van der Waals surface area contributed by atoms with Gasteiger partial charge in [-0.2, -0.15) is 0 Å². The lowest BCUT2D eigenvalue weighted by Gasteiger charge is -2.20. The van der Waals surface area contributed by atoms with Gasteiger partial charge in [-0.25, -0.2) is 4.39 Å². The summed E-state index contributed by atoms with van der Waals surface area (Å²) >= 11 is 0. The Morgan fingerprint density at radius 1 is 0.475 bits per heavy atom. The van der Waals surface area contributed by atoms with Gasteiger partial charge in [-0.05, 0) is 80.6 Å². The van der Waals surface area contributed by atoms with Gasteiger partial charge in [-0.1, -0.05) is 110 Å². The van der Waals surface area contributed by atoms with Crippen LogP contribution in [0.4, 0.5) is 4.39 Å². The van der Waals surface area contributed by atoms with Crippen molar-refractivity contribution in [3.8, 4) is 27.9 Å². The predicted octanol–water partition coefficient (Wildman–Crippen LogP) is 10.7. The summed E-state index contributed by atoms with van der Waals surface area (Å²) in [5.41, 5.74) is 9.67. The van der Waals surface area contributed by atoms with E-state index in [9.17, 15) is 4.39 Å². The van der Waals surface area contributed by atoms with E-state index in [0.717, 1.165) is 49.8 Å². The molecule has 1 aromatic heterocycles. The van der Waals surface area contributed by atoms with Crippen molar-refractivity contribution >= 4 is 44.7 Å². The third-order valence-corrected chi connectivity index (χ3v) is 7.83. The first kappa shape index (κ1) is 23.9. The summed E-state index contributed by atoms with van der Waals surface area (Å²) in [6, 6.07) is 40.9. The van der Waals surface area contributed by atoms with Crippen LogP contribution in [-0.2, 0) is 0 Å². The van der Waals surface area contributed by atoms with Gasteiger partial charge in [0, 0.05) is 16.5 Å². The molecule has 7 rings (SSSR count). The minimum Gasteiger partial charge on any atom is -0.309 e. The minimum absolute atomic E-state index is 0.253. The predicted molar refractivity (Wildman–Crippen MR) is 169 cm³/mol. The van der Waals surface area contributed by atoms with Gasteiger partial charge in [-0.15, -0.1) is 0 Å². The summed E-state index contributed by atoms with van der Waals surface area (Å²) in [4.78, 5) is 0. The monoisotopic (exact) mass is 515 g/mol. The molecule has 6 aromatic carbocycles. The van der Waals surface area contributed by atoms with Crippen LogP contribution in [0.15, 0.2) is 134 Å². The Bertz CT molecular complexity index is 2020. The fourth-order valence-corrected chi connectivity index (χ4v) is 6.12. The van der Waals surface area contributed by atoms with Crippen LogP contribution in [0.3, 0.4) is 0 Å². The molecule has 1 nitrogen and oxygen atoms in total. The molecule has 0 atom stereocenters. The Balaban J connectivity index is 1.46. The van der Waals surface area contributed by atoms with Crippen molar-refractivity contribution in [1.29, 1.82) is 0 Å². The van der Waals surface area contributed by atoms with E-state index in [0.29, 0.717) is 0 Å². The minimum atomic E-state index is -0.253. The van der Waals surface area contributed by atoms with Gasteiger partial charge in [0.05, 0.1) is 11.0 Å². The SMILES string of the molecule is C=Cc1c(C=C)c(-c2ccc(-n3c4ccccc4c4ccccc43)cc2)c2ccccc2c1-c1ccc(F)cc1. The molecule has 0 N–H and O–H groups in total. The molecule has 0 bridgehead atoms. The van der Waals surface area contributed by atoms with Gasteiger partial charge in [0.1, 0.15) is 5.82 Å². The molecule has 190 valence electrons. The topological polar surface area (TPSA) is 4.93 Å². The Hall–Kier alpha value is -5.21. The fourth-order valence-electron chi connectivity index (χ4n) is 6.12. The first-order valence-electron chi connectivity index (χ1n) is 13.4. The Morgan fingerprint density at radius 2 is 0.875 bits per heavy atom. The largest absolute Gasteiger partial charge is 0.309 e. The summed E-state index contributed by atoms with van der Waals surface area (Å²) in [6.45, 7) is 8.36. The van der Waals surface area contributed by atoms with Gasteiger partial charge < -0.3 is 4.57 Å². The molecular formula is C38H26FN. The first-order chi connectivity index (χ1) is 19.7. The number of hydrogen-bond acceptors (Lipinski definition) is 0. The van der Waals surface area contributed by atoms with E-state index in [-0.39, 0.29) is 5.82 Å². The lowest BCUT2D eigenvalue weighted by atomic mass is 9.83. The lowest BCUT2D eigenvalue weighted by molar-refractivity contribution is 0.628. The van der Waals surface area contributed by atoms with Gasteiger partial charge in [0.15, 0.2) is 0 Å². The van der Waals surface area contributed by atoms with Crippen molar-refractivity contribution in [2.75, 3.05) is 0 Å². The third kappa shape index (κ3) is 3.61. The number of benzene rings is 6. The summed E-state index contributed by atoms with van der Waals surface area (Å²) in [5, 5.41) is 4.70. The molecule has 2 heteroatoms. The molecule has 40 heavy (non-hydrogen) atoms. The number of fused-ring (bicyclic) bond motifs is 4. The number of aromatic nitrogens is 1. The van der Waals surface area contributed by atoms with Crippen molar-refractivity contribution in [2.45, 2.75) is 0 Å². The molecule has 0 fully saturated rings. The van der Waals surface area contributed by atoms with Crippen LogP contribution in [0.1, 0.15) is 11.1 Å². The van der Waals surface area contributed by atoms with Crippen LogP contribution in [0.5, 0.6) is 0 Å². The second-order valence-corrected chi connectivity index (χ2v) is 9.95. The molecule has 7 aromatic rings. The molecule has 0 aliphatic rings. The second-order valence-electron chi connectivity index (χ2n) is 9.95. The van der Waals surface area contributed by atoms with E-state index in [1.165, 1.54) is 33.9 Å². The van der Waals surface area contributed by atoms with Crippen LogP contribution in [0, 0.1) is 5.82 Å². The van der Waals surface area contributed by atoms with E-state index in [1.807, 2.05) is 30.4 Å². The van der Waals surface area contributed by atoms with Crippen LogP contribution in [0.2, 0.25) is 0 Å². The van der Waals surface area contributed by atoms with Gasteiger partial charge >= 0.3 is 0 Å². The van der Waals surface area contributed by atoms with Crippen LogP contribution >= 0.6 is 0 Å². The summed E-state index contributed by atoms with van der Waals surface area (Å²) in [6.07, 6.45) is 3.80. The average molecular weight is 516 g/mol. The zero-order valence-corrected chi connectivity index (χ0v) is 21.9. The van der Waals surface area contributed by atoms with Gasteiger partial charge in [0.2, 0.25) is 0 Å². The molecule has 0 aliphatic carbocycles. The van der Waals surface area contributed by atoms with Crippen LogP contribution < -0.4 is 0 Å². The highest BCUT2D eigenvalue weighted by atomic mass is 19.1. The normalized spacial score (nSPS) is 11.3. The average Bonchev–Trinajstić information content (AvgIpc) is 3.35. The van der Waals surface area contributed by atoms with E-state index < -0.39 is 0 Å². The summed E-state index contributed by atoms with van der Waals surface area (Å²) in [7, 11) is 0. The molecule has 0 saturated heterocycles. The maximum atomic E-state index is 13.8. The van der Waals surface area contributed by atoms with E-state index in [4.69, 9.17) is 0 Å². The zero-order valence-electron chi connectivity index (χ0n) is 21.9. The van der Waals surface area contributed by atoms with Crippen molar-refractivity contribution in [2.24, 2.45) is 0 Å². The highest BCUT2D eigenvalue weighted by Crippen LogP contribution is 2.43. The maximum Gasteiger partial charge on any atom is 0.123 e. The molecule has 0 aliphatic heterocycles. The Morgan fingerprint density at radius 3 is 1.32 bits per heavy atom. The lowest BCUT2D eigenvalue weighted by Crippen LogP contribution is -1.97. The number of para-hydroxylation sites is 2. The molecule has 1 heterocycles. The van der Waals surface area contributed by atoms with Crippen molar-refractivity contribution in [3.63, 3.8) is 0 Å². The van der Waals surface area contributed by atoms with E-state index in [1.54, 1.807) is 0 Å². The van der Waals surface area contributed by atoms with Crippen LogP contribution in [-0.4, -0.2) is 4.57 Å². The third-order valence-electron chi connectivity index (χ3n) is 7.83. The van der Waals surface area contributed by atoms with Crippen LogP contribution in [0.25, 0.3) is 72.7 Å². The molecule has 0 unspecified atom stereocenters. The van der Waals surface area contributed by atoms with Gasteiger partial charge in [0.25, 0.3) is 0 Å². The number of hydrogen-bond donors (Lipinski definition) is 0. The quantitative estimate of drug-likeness (QED) is 0.215. The smallest absolute Gasteiger partial charge is 0.123 e. The highest BCUT2D eigenvalue weighted by Gasteiger charge is 2.19. The zero-order chi connectivity index (χ0) is 27.2. The second kappa shape index (κ2) is 9.52. The first-order valence-corrected chi connectivity index (χ1v) is 13.4. The summed E-state index contributed by atoms with van der Waals surface area (Å²) in [5.74, 6) is -0.253. The number of halogens is 1.